The number of pyridine rings is 1. The second-order valence-electron chi connectivity index (χ2n) is 7.28. The molecular weight excluding hydrogens is 461 g/mol. The van der Waals surface area contributed by atoms with E-state index < -0.39 is 34.6 Å². The van der Waals surface area contributed by atoms with Crippen molar-refractivity contribution in [2.24, 2.45) is 14.1 Å². The van der Waals surface area contributed by atoms with E-state index in [1.807, 2.05) is 0 Å². The summed E-state index contributed by atoms with van der Waals surface area (Å²) in [5, 5.41) is 12.9. The minimum absolute atomic E-state index is 0.0384. The zero-order chi connectivity index (χ0) is 24.7. The highest BCUT2D eigenvalue weighted by molar-refractivity contribution is 7.71. The number of alkyl halides is 3. The Labute approximate surface area is 190 Å². The molecule has 0 bridgehead atoms. The average molecular weight is 480 g/mol. The number of carbonyl (C=O) groups excluding carboxylic acids is 1. The smallest absolute Gasteiger partial charge is 0.417 e. The van der Waals surface area contributed by atoms with Gasteiger partial charge in [0.05, 0.1) is 5.56 Å². The maximum atomic E-state index is 12.8. The van der Waals surface area contributed by atoms with E-state index in [0.29, 0.717) is 23.0 Å². The maximum Gasteiger partial charge on any atom is 0.417 e. The topological polar surface area (TPSA) is 98.4 Å². The van der Waals surface area contributed by atoms with E-state index in [-0.39, 0.29) is 16.4 Å². The number of rotatable bonds is 4. The van der Waals surface area contributed by atoms with Gasteiger partial charge >= 0.3 is 6.18 Å². The van der Waals surface area contributed by atoms with Crippen molar-refractivity contribution in [1.29, 1.82) is 0 Å². The molecule has 0 saturated carbocycles. The summed E-state index contributed by atoms with van der Waals surface area (Å²) in [7, 11) is 2.81. The van der Waals surface area contributed by atoms with Crippen LogP contribution in [0.4, 0.5) is 18.9 Å². The van der Waals surface area contributed by atoms with Gasteiger partial charge in [0.25, 0.3) is 11.5 Å². The zero-order valence-electron chi connectivity index (χ0n) is 17.9. The van der Waals surface area contributed by atoms with Gasteiger partial charge in [-0.3, -0.25) is 18.7 Å². The number of carbonyl (C=O) groups is 1. The molecule has 0 spiro atoms. The average Bonchev–Trinajstić information content (AvgIpc) is 2.73. The Hall–Kier alpha value is -3.67. The minimum atomic E-state index is -4.50. The van der Waals surface area contributed by atoms with Crippen LogP contribution < -0.4 is 15.6 Å². The summed E-state index contributed by atoms with van der Waals surface area (Å²) in [6, 6.07) is 5.06. The summed E-state index contributed by atoms with van der Waals surface area (Å²) in [5.41, 5.74) is -0.651. The molecule has 0 unspecified atom stereocenters. The highest BCUT2D eigenvalue weighted by atomic mass is 32.1. The van der Waals surface area contributed by atoms with Crippen LogP contribution in [0.1, 0.15) is 27.0 Å². The molecule has 0 fully saturated rings. The molecule has 3 aromatic rings. The molecular formula is C21H19F3N4O4S. The number of hydrogen-bond acceptors (Lipinski definition) is 6. The predicted molar refractivity (Wildman–Crippen MR) is 116 cm³/mol. The summed E-state index contributed by atoms with van der Waals surface area (Å²) < 4.78 is 45.8. The lowest BCUT2D eigenvalue weighted by atomic mass is 10.1. The van der Waals surface area contributed by atoms with E-state index in [1.165, 1.54) is 14.1 Å². The number of ether oxygens (including phenoxy) is 1. The van der Waals surface area contributed by atoms with Crippen molar-refractivity contribution in [2.45, 2.75) is 20.0 Å². The predicted octanol–water partition coefficient (Wildman–Crippen LogP) is 4.23. The van der Waals surface area contributed by atoms with E-state index in [4.69, 9.17) is 17.0 Å². The number of hydrogen-bond donors (Lipinski definition) is 2. The van der Waals surface area contributed by atoms with Gasteiger partial charge in [-0.25, -0.2) is 4.98 Å². The molecule has 0 aliphatic carbocycles. The molecule has 0 saturated heterocycles. The molecule has 0 aliphatic rings. The van der Waals surface area contributed by atoms with Crippen molar-refractivity contribution in [3.8, 4) is 17.5 Å². The molecule has 1 amide bonds. The molecule has 2 aromatic heterocycles. The van der Waals surface area contributed by atoms with E-state index >= 15 is 0 Å². The first-order valence-corrected chi connectivity index (χ1v) is 9.84. The molecule has 2 heterocycles. The Balaban J connectivity index is 1.88. The number of halogens is 3. The SMILES string of the molecule is Cc1cc(Oc2ccc(C(F)(F)F)cn2)cc(C)c1NC(=O)c1c(O)n(C)c(=S)n(C)c1=O. The number of aryl methyl sites for hydroxylation is 2. The van der Waals surface area contributed by atoms with Gasteiger partial charge < -0.3 is 15.2 Å². The summed E-state index contributed by atoms with van der Waals surface area (Å²) in [6.45, 7) is 3.33. The normalized spacial score (nSPS) is 11.4. The first kappa shape index (κ1) is 24.0. The number of anilines is 1. The molecule has 0 atom stereocenters. The van der Waals surface area contributed by atoms with Gasteiger partial charge in [-0.1, -0.05) is 0 Å². The molecule has 3 rings (SSSR count). The minimum Gasteiger partial charge on any atom is -0.494 e. The van der Waals surface area contributed by atoms with E-state index in [9.17, 15) is 27.9 Å². The lowest BCUT2D eigenvalue weighted by Gasteiger charge is -2.16. The Kier molecular flexibility index (Phi) is 6.32. The molecule has 12 heteroatoms. The van der Waals surface area contributed by atoms with Gasteiger partial charge in [-0.15, -0.1) is 0 Å². The fraction of sp³-hybridized carbons (Fsp3) is 0.238. The third-order valence-corrected chi connectivity index (χ3v) is 5.44. The molecule has 2 N–H and O–H groups in total. The van der Waals surface area contributed by atoms with Crippen LogP contribution >= 0.6 is 12.2 Å². The van der Waals surface area contributed by atoms with Gasteiger partial charge in [-0.05, 0) is 55.4 Å². The number of benzene rings is 1. The fourth-order valence-corrected chi connectivity index (χ4v) is 3.29. The number of nitrogens with zero attached hydrogens (tertiary/aromatic N) is 3. The Morgan fingerprint density at radius 3 is 2.27 bits per heavy atom. The Bertz CT molecular complexity index is 1340. The second-order valence-corrected chi connectivity index (χ2v) is 7.64. The standard InChI is InChI=1S/C21H19F3N4O4S/c1-10-7-13(32-14-6-5-12(9-25-14)21(22,23)24)8-11(2)16(10)26-17(29)15-18(30)27(3)20(33)28(4)19(15)31/h5-9,30H,1-4H3,(H,26,29). The molecule has 0 radical (unpaired) electrons. The van der Waals surface area contributed by atoms with Gasteiger partial charge in [-0.2, -0.15) is 13.2 Å². The number of aromatic hydroxyl groups is 1. The zero-order valence-corrected chi connectivity index (χ0v) is 18.8. The molecule has 174 valence electrons. The van der Waals surface area contributed by atoms with Crippen molar-refractivity contribution < 1.29 is 27.8 Å². The van der Waals surface area contributed by atoms with Gasteiger partial charge in [0.15, 0.2) is 10.3 Å². The molecule has 33 heavy (non-hydrogen) atoms. The lowest BCUT2D eigenvalue weighted by Crippen LogP contribution is -2.31. The highest BCUT2D eigenvalue weighted by Crippen LogP contribution is 2.32. The summed E-state index contributed by atoms with van der Waals surface area (Å²) in [5.74, 6) is -1.15. The fourth-order valence-electron chi connectivity index (χ4n) is 3.12. The largest absolute Gasteiger partial charge is 0.494 e. The lowest BCUT2D eigenvalue weighted by molar-refractivity contribution is -0.137. The number of aromatic nitrogens is 3. The van der Waals surface area contributed by atoms with Crippen LogP contribution in [0.5, 0.6) is 17.5 Å². The van der Waals surface area contributed by atoms with Crippen molar-refractivity contribution in [2.75, 3.05) is 5.32 Å². The summed E-state index contributed by atoms with van der Waals surface area (Å²) in [4.78, 5) is 28.9. The molecule has 1 aromatic carbocycles. The van der Waals surface area contributed by atoms with Crippen LogP contribution in [0, 0.1) is 18.6 Å². The van der Waals surface area contributed by atoms with Crippen molar-refractivity contribution in [3.05, 3.63) is 67.8 Å². The number of nitrogens with one attached hydrogen (secondary N) is 1. The second kappa shape index (κ2) is 8.70. The van der Waals surface area contributed by atoms with Crippen LogP contribution in [-0.2, 0) is 20.3 Å². The number of amides is 1. The monoisotopic (exact) mass is 480 g/mol. The van der Waals surface area contributed by atoms with Crippen molar-refractivity contribution in [1.82, 2.24) is 14.1 Å². The van der Waals surface area contributed by atoms with Crippen LogP contribution in [0.2, 0.25) is 0 Å². The van der Waals surface area contributed by atoms with Crippen LogP contribution in [0.15, 0.2) is 35.3 Å². The van der Waals surface area contributed by atoms with E-state index in [2.05, 4.69) is 10.3 Å². The van der Waals surface area contributed by atoms with Gasteiger partial charge in [0.2, 0.25) is 11.8 Å². The molecule has 8 nitrogen and oxygen atoms in total. The first-order valence-electron chi connectivity index (χ1n) is 9.44. The first-order chi connectivity index (χ1) is 15.3. The van der Waals surface area contributed by atoms with Crippen molar-refractivity contribution >= 4 is 23.8 Å². The van der Waals surface area contributed by atoms with Crippen LogP contribution in [-0.4, -0.2) is 25.1 Å². The van der Waals surface area contributed by atoms with E-state index in [0.717, 1.165) is 21.3 Å². The maximum absolute atomic E-state index is 12.8. The molecule has 0 aliphatic heterocycles. The highest BCUT2D eigenvalue weighted by Gasteiger charge is 2.30. The third-order valence-electron chi connectivity index (χ3n) is 4.89. The third kappa shape index (κ3) is 4.75. The Morgan fingerprint density at radius 1 is 1.15 bits per heavy atom. The van der Waals surface area contributed by atoms with Crippen molar-refractivity contribution in [3.63, 3.8) is 0 Å². The van der Waals surface area contributed by atoms with E-state index in [1.54, 1.807) is 26.0 Å². The summed E-state index contributed by atoms with van der Waals surface area (Å²) >= 11 is 5.04. The van der Waals surface area contributed by atoms with Gasteiger partial charge in [0, 0.05) is 32.0 Å². The van der Waals surface area contributed by atoms with Crippen LogP contribution in [0.3, 0.4) is 0 Å². The Morgan fingerprint density at radius 2 is 1.76 bits per heavy atom. The quantitative estimate of drug-likeness (QED) is 0.543. The summed E-state index contributed by atoms with van der Waals surface area (Å²) in [6.07, 6.45) is -3.83. The van der Waals surface area contributed by atoms with Crippen LogP contribution in [0.25, 0.3) is 0 Å². The van der Waals surface area contributed by atoms with Gasteiger partial charge in [0.1, 0.15) is 5.75 Å².